The highest BCUT2D eigenvalue weighted by molar-refractivity contribution is 7.99. The van der Waals surface area contributed by atoms with Gasteiger partial charge in [-0.1, -0.05) is 76.8 Å². The van der Waals surface area contributed by atoms with E-state index in [0.29, 0.717) is 0 Å². The Morgan fingerprint density at radius 1 is 1.03 bits per heavy atom. The Morgan fingerprint density at radius 3 is 2.37 bits per heavy atom. The monoisotopic (exact) mass is 433 g/mol. The number of carbonyl (C=O) groups excluding carboxylic acids is 2. The molecule has 0 aliphatic carbocycles. The molecule has 5 nitrogen and oxygen atoms in total. The molecule has 1 heterocycles. The number of unbranched alkanes of at least 4 members (excludes halogenated alkanes) is 9. The maximum absolute atomic E-state index is 12.5. The molecule has 0 radical (unpaired) electrons. The predicted octanol–water partition coefficient (Wildman–Crippen LogP) is 5.39. The Balaban J connectivity index is 1.56. The fourth-order valence-electron chi connectivity index (χ4n) is 3.75. The summed E-state index contributed by atoms with van der Waals surface area (Å²) in [5.41, 5.74) is 1.87. The lowest BCUT2D eigenvalue weighted by molar-refractivity contribution is -0.122. The Labute approximate surface area is 186 Å². The van der Waals surface area contributed by atoms with Crippen LogP contribution in [0, 0.1) is 0 Å². The number of anilines is 1. The summed E-state index contributed by atoms with van der Waals surface area (Å²) in [4.78, 5) is 23.7. The van der Waals surface area contributed by atoms with E-state index >= 15 is 0 Å². The third-order valence-electron chi connectivity index (χ3n) is 5.44. The van der Waals surface area contributed by atoms with Gasteiger partial charge in [0.1, 0.15) is 0 Å². The largest absolute Gasteiger partial charge is 0.355 e. The van der Waals surface area contributed by atoms with Gasteiger partial charge in [-0.25, -0.2) is 0 Å². The summed E-state index contributed by atoms with van der Waals surface area (Å²) in [6.07, 6.45) is 13.0. The third-order valence-corrected chi connectivity index (χ3v) is 6.71. The molecule has 0 spiro atoms. The van der Waals surface area contributed by atoms with E-state index < -0.39 is 0 Å². The maximum atomic E-state index is 12.5. The molecular formula is C24H39N3O2S. The summed E-state index contributed by atoms with van der Waals surface area (Å²) in [5, 5.41) is 9.39. The Morgan fingerprint density at radius 2 is 1.70 bits per heavy atom. The Bertz CT molecular complexity index is 653. The first-order valence-electron chi connectivity index (χ1n) is 11.6. The number of nitrogens with one attached hydrogen (secondary N) is 3. The SMILES string of the molecule is CCCCCCCCCCCCNC(=O)[C@@H]1CSC(c2cccc(NC(C)=O)c2)N1. The van der Waals surface area contributed by atoms with Crippen molar-refractivity contribution >= 4 is 29.3 Å². The van der Waals surface area contributed by atoms with Gasteiger partial charge in [0.2, 0.25) is 11.8 Å². The highest BCUT2D eigenvalue weighted by Gasteiger charge is 2.30. The maximum Gasteiger partial charge on any atom is 0.238 e. The molecule has 3 N–H and O–H groups in total. The first-order valence-corrected chi connectivity index (χ1v) is 12.7. The summed E-state index contributed by atoms with van der Waals surface area (Å²) in [6, 6.07) is 7.64. The van der Waals surface area contributed by atoms with Crippen molar-refractivity contribution in [2.75, 3.05) is 17.6 Å². The van der Waals surface area contributed by atoms with Crippen molar-refractivity contribution in [1.29, 1.82) is 0 Å². The van der Waals surface area contributed by atoms with Crippen LogP contribution in [0.4, 0.5) is 5.69 Å². The molecule has 1 aromatic carbocycles. The van der Waals surface area contributed by atoms with Gasteiger partial charge in [0.05, 0.1) is 11.4 Å². The molecule has 1 saturated heterocycles. The van der Waals surface area contributed by atoms with Gasteiger partial charge in [-0.15, -0.1) is 11.8 Å². The second-order valence-electron chi connectivity index (χ2n) is 8.21. The van der Waals surface area contributed by atoms with Crippen LogP contribution in [-0.4, -0.2) is 30.2 Å². The van der Waals surface area contributed by atoms with Crippen LogP contribution in [0.15, 0.2) is 24.3 Å². The minimum Gasteiger partial charge on any atom is -0.355 e. The predicted molar refractivity (Wildman–Crippen MR) is 128 cm³/mol. The lowest BCUT2D eigenvalue weighted by Crippen LogP contribution is -2.42. The van der Waals surface area contributed by atoms with Gasteiger partial charge in [-0.3, -0.25) is 14.9 Å². The van der Waals surface area contributed by atoms with E-state index in [2.05, 4.69) is 22.9 Å². The Kier molecular flexibility index (Phi) is 11.9. The van der Waals surface area contributed by atoms with Crippen molar-refractivity contribution in [2.24, 2.45) is 0 Å². The molecule has 1 unspecified atom stereocenters. The molecule has 0 aromatic heterocycles. The molecule has 2 rings (SSSR count). The van der Waals surface area contributed by atoms with Crippen molar-refractivity contribution in [3.8, 4) is 0 Å². The molecule has 1 aromatic rings. The van der Waals surface area contributed by atoms with Crippen molar-refractivity contribution in [3.05, 3.63) is 29.8 Å². The van der Waals surface area contributed by atoms with Crippen LogP contribution >= 0.6 is 11.8 Å². The zero-order valence-electron chi connectivity index (χ0n) is 18.7. The lowest BCUT2D eigenvalue weighted by Gasteiger charge is -2.15. The number of hydrogen-bond acceptors (Lipinski definition) is 4. The molecule has 2 atom stereocenters. The number of thioether (sulfide) groups is 1. The highest BCUT2D eigenvalue weighted by atomic mass is 32.2. The summed E-state index contributed by atoms with van der Waals surface area (Å²) in [6.45, 7) is 4.53. The van der Waals surface area contributed by atoms with Crippen molar-refractivity contribution in [1.82, 2.24) is 10.6 Å². The standard InChI is InChI=1S/C24H39N3O2S/c1-3-4-5-6-7-8-9-10-11-12-16-25-23(29)22-18-30-24(27-22)20-14-13-15-21(17-20)26-19(2)28/h13-15,17,22,24,27H,3-12,16,18H2,1-2H3,(H,25,29)(H,26,28)/t22-,24?/m0/s1. The van der Waals surface area contributed by atoms with Crippen LogP contribution in [0.2, 0.25) is 0 Å². The average Bonchev–Trinajstić information content (AvgIpc) is 3.22. The van der Waals surface area contributed by atoms with E-state index in [1.807, 2.05) is 24.3 Å². The quantitative estimate of drug-likeness (QED) is 0.344. The normalized spacial score (nSPS) is 18.3. The number of amides is 2. The van der Waals surface area contributed by atoms with Gasteiger partial charge in [0.25, 0.3) is 0 Å². The van der Waals surface area contributed by atoms with Crippen LogP contribution in [0.25, 0.3) is 0 Å². The lowest BCUT2D eigenvalue weighted by atomic mass is 10.1. The summed E-state index contributed by atoms with van der Waals surface area (Å²) < 4.78 is 0. The minimum atomic E-state index is -0.160. The molecule has 30 heavy (non-hydrogen) atoms. The zero-order chi connectivity index (χ0) is 21.6. The summed E-state index contributed by atoms with van der Waals surface area (Å²) in [7, 11) is 0. The van der Waals surface area contributed by atoms with E-state index in [4.69, 9.17) is 0 Å². The first-order chi connectivity index (χ1) is 14.6. The summed E-state index contributed by atoms with van der Waals surface area (Å²) >= 11 is 1.73. The van der Waals surface area contributed by atoms with Crippen LogP contribution in [0.5, 0.6) is 0 Å². The molecule has 168 valence electrons. The minimum absolute atomic E-state index is 0.0757. The van der Waals surface area contributed by atoms with E-state index in [-0.39, 0.29) is 23.2 Å². The topological polar surface area (TPSA) is 70.2 Å². The molecule has 1 aliphatic heterocycles. The van der Waals surface area contributed by atoms with Crippen molar-refractivity contribution in [3.63, 3.8) is 0 Å². The van der Waals surface area contributed by atoms with Gasteiger partial charge >= 0.3 is 0 Å². The molecule has 0 bridgehead atoms. The van der Waals surface area contributed by atoms with E-state index in [1.165, 1.54) is 64.7 Å². The molecule has 1 aliphatic rings. The fraction of sp³-hybridized carbons (Fsp3) is 0.667. The van der Waals surface area contributed by atoms with Gasteiger partial charge in [-0.05, 0) is 24.1 Å². The number of carbonyl (C=O) groups is 2. The first kappa shape index (κ1) is 24.7. The van der Waals surface area contributed by atoms with Gasteiger partial charge in [-0.2, -0.15) is 0 Å². The van der Waals surface area contributed by atoms with Gasteiger partial charge in [0.15, 0.2) is 0 Å². The average molecular weight is 434 g/mol. The van der Waals surface area contributed by atoms with Crippen LogP contribution in [0.3, 0.4) is 0 Å². The third kappa shape index (κ3) is 9.52. The molecule has 0 saturated carbocycles. The van der Waals surface area contributed by atoms with Crippen molar-refractivity contribution in [2.45, 2.75) is 89.5 Å². The second kappa shape index (κ2) is 14.5. The van der Waals surface area contributed by atoms with E-state index in [1.54, 1.807) is 11.8 Å². The second-order valence-corrected chi connectivity index (χ2v) is 9.35. The highest BCUT2D eigenvalue weighted by Crippen LogP contribution is 2.33. The molecule has 6 heteroatoms. The number of benzene rings is 1. The van der Waals surface area contributed by atoms with Gasteiger partial charge in [0, 0.05) is 24.9 Å². The van der Waals surface area contributed by atoms with Crippen molar-refractivity contribution < 1.29 is 9.59 Å². The fourth-order valence-corrected chi connectivity index (χ4v) is 4.98. The molecular weight excluding hydrogens is 394 g/mol. The number of hydrogen-bond donors (Lipinski definition) is 3. The van der Waals surface area contributed by atoms with E-state index in [9.17, 15) is 9.59 Å². The summed E-state index contributed by atoms with van der Waals surface area (Å²) in [5.74, 6) is 0.779. The van der Waals surface area contributed by atoms with Crippen LogP contribution < -0.4 is 16.0 Å². The van der Waals surface area contributed by atoms with E-state index in [0.717, 1.165) is 30.0 Å². The zero-order valence-corrected chi connectivity index (χ0v) is 19.5. The molecule has 2 amide bonds. The Hall–Kier alpha value is -1.53. The van der Waals surface area contributed by atoms with Crippen LogP contribution in [0.1, 0.15) is 89.0 Å². The number of rotatable bonds is 14. The smallest absolute Gasteiger partial charge is 0.238 e. The van der Waals surface area contributed by atoms with Crippen LogP contribution in [-0.2, 0) is 9.59 Å². The molecule has 1 fully saturated rings. The van der Waals surface area contributed by atoms with Gasteiger partial charge < -0.3 is 10.6 Å².